The van der Waals surface area contributed by atoms with E-state index in [1.165, 1.54) is 54.7 Å². The average Bonchev–Trinajstić information content (AvgIpc) is 3.73. The van der Waals surface area contributed by atoms with Gasteiger partial charge < -0.3 is 9.40 Å². The van der Waals surface area contributed by atoms with Gasteiger partial charge in [-0.25, -0.2) is 0 Å². The van der Waals surface area contributed by atoms with Gasteiger partial charge in [0.25, 0.3) is 0 Å². The molecule has 0 aliphatic rings. The van der Waals surface area contributed by atoms with Crippen molar-refractivity contribution >= 4 is 32.7 Å². The molecule has 3 aromatic heterocycles. The predicted octanol–water partition coefficient (Wildman–Crippen LogP) is 16.2. The third-order valence-electron chi connectivity index (χ3n) is 10.7. The van der Waals surface area contributed by atoms with E-state index in [2.05, 4.69) is 47.2 Å². The Kier molecular flexibility index (Phi) is 9.80. The summed E-state index contributed by atoms with van der Waals surface area (Å²) in [5.74, 6) is 0. The average molecular weight is 1040 g/mol. The standard InChI is InChI=1S/C32H26NO.C25H25F3N.Ir/c1-32(2,3)20-21-11-13-22(14-12-21)24-17-18-33-29(19-24)28-10-6-9-26-27-16-15-23-7-4-5-8-25(23)30(27)34-31(26)28;1-16-6-11-23(29-15-16)22-13-21(17(2)12-18(22)3)20-9-7-19(8-10-20)14-24(4,5)25(26,27)28;/h4-9,11-19H,20H2,1-3H3;6-13,15H,3,14H2,1-2,4-5H3;/q2*-1;/i20D2;1D3,2D3,14D2;. The molecule has 9 rings (SSSR count). The van der Waals surface area contributed by atoms with E-state index in [4.69, 9.17) is 18.1 Å². The van der Waals surface area contributed by atoms with Gasteiger partial charge in [0.05, 0.1) is 11.0 Å². The van der Waals surface area contributed by atoms with E-state index in [1.54, 1.807) is 6.20 Å². The van der Waals surface area contributed by atoms with Crippen LogP contribution in [0, 0.1) is 37.5 Å². The Balaban J connectivity index is 0.000000213. The van der Waals surface area contributed by atoms with Gasteiger partial charge in [-0.15, -0.1) is 29.8 Å². The number of benzene rings is 6. The maximum atomic E-state index is 13.5. The van der Waals surface area contributed by atoms with Crippen molar-refractivity contribution in [3.8, 4) is 44.8 Å². The van der Waals surface area contributed by atoms with Gasteiger partial charge in [-0.05, 0) is 87.2 Å². The first-order chi connectivity index (χ1) is 33.9. The van der Waals surface area contributed by atoms with E-state index < -0.39 is 43.5 Å². The molecule has 7 heteroatoms. The summed E-state index contributed by atoms with van der Waals surface area (Å²) in [6.45, 7) is 6.37. The first-order valence-corrected chi connectivity index (χ1v) is 20.4. The molecule has 327 valence electrons. The maximum absolute atomic E-state index is 13.5. The van der Waals surface area contributed by atoms with E-state index in [-0.39, 0.29) is 42.4 Å². The van der Waals surface area contributed by atoms with E-state index in [9.17, 15) is 13.2 Å². The molecule has 0 unspecified atom stereocenters. The van der Waals surface area contributed by atoms with Gasteiger partial charge in [0.1, 0.15) is 5.58 Å². The third-order valence-corrected chi connectivity index (χ3v) is 10.7. The minimum absolute atomic E-state index is 0. The first kappa shape index (κ1) is 34.4. The van der Waals surface area contributed by atoms with Crippen LogP contribution in [0.3, 0.4) is 0 Å². The molecule has 6 aromatic carbocycles. The monoisotopic (exact) mass is 1040 g/mol. The molecular formula is C57H51F3IrN2O-2. The van der Waals surface area contributed by atoms with Crippen LogP contribution < -0.4 is 0 Å². The molecule has 3 heterocycles. The SMILES string of the molecule is [2H]C([2H])([2H])c1ccc(-c2cc(-c3ccc(C([2H])([2H])C(C)(C)C(F)(F)F)cc3)c(C([2H])([2H])[2H])cc2[CH2-])nc1.[2H]C([2H])(c1ccc(-c2ccnc(-c3[c-]ccc4c3oc3c5ccccc5ccc43)c2)cc1)C(C)(C)C.[Ir]. The number of furan rings is 1. The van der Waals surface area contributed by atoms with Gasteiger partial charge >= 0.3 is 6.18 Å². The Morgan fingerprint density at radius 1 is 0.656 bits per heavy atom. The van der Waals surface area contributed by atoms with Crippen molar-refractivity contribution in [3.05, 3.63) is 187 Å². The number of hydrogen-bond donors (Lipinski definition) is 0. The summed E-state index contributed by atoms with van der Waals surface area (Å²) < 4.78 is 127. The van der Waals surface area contributed by atoms with Crippen molar-refractivity contribution in [2.24, 2.45) is 10.8 Å². The van der Waals surface area contributed by atoms with Crippen LogP contribution in [0.1, 0.15) is 76.1 Å². The number of pyridine rings is 2. The Hall–Kier alpha value is -6.01. The Morgan fingerprint density at radius 2 is 1.36 bits per heavy atom. The number of hydrogen-bond acceptors (Lipinski definition) is 3. The molecular weight excluding hydrogens is 978 g/mol. The Bertz CT molecular complexity index is 3490. The number of aromatic nitrogens is 2. The summed E-state index contributed by atoms with van der Waals surface area (Å²) in [6, 6.07) is 42.6. The van der Waals surface area contributed by atoms with Crippen molar-refractivity contribution in [3.63, 3.8) is 0 Å². The van der Waals surface area contributed by atoms with E-state index in [0.29, 0.717) is 27.9 Å². The molecule has 0 saturated heterocycles. The molecule has 0 aliphatic heterocycles. The largest absolute Gasteiger partial charge is 0.500 e. The second kappa shape index (κ2) is 18.2. The Labute approximate surface area is 402 Å². The molecule has 0 N–H and O–H groups in total. The van der Waals surface area contributed by atoms with Crippen LogP contribution >= 0.6 is 0 Å². The summed E-state index contributed by atoms with van der Waals surface area (Å²) >= 11 is 0. The molecule has 0 spiro atoms. The zero-order valence-electron chi connectivity index (χ0n) is 45.8. The van der Waals surface area contributed by atoms with Crippen molar-refractivity contribution in [1.29, 1.82) is 0 Å². The molecule has 0 amide bonds. The van der Waals surface area contributed by atoms with Crippen LogP contribution in [0.2, 0.25) is 0 Å². The number of rotatable bonds is 7. The van der Waals surface area contributed by atoms with Crippen LogP contribution in [0.4, 0.5) is 13.2 Å². The summed E-state index contributed by atoms with van der Waals surface area (Å²) in [7, 11) is 0. The molecule has 0 atom stereocenters. The number of fused-ring (bicyclic) bond motifs is 5. The molecule has 0 bridgehead atoms. The first-order valence-electron chi connectivity index (χ1n) is 25.4. The van der Waals surface area contributed by atoms with Gasteiger partial charge in [0.2, 0.25) is 0 Å². The predicted molar refractivity (Wildman–Crippen MR) is 254 cm³/mol. The van der Waals surface area contributed by atoms with Crippen molar-refractivity contribution in [2.75, 3.05) is 0 Å². The van der Waals surface area contributed by atoms with Crippen molar-refractivity contribution < 1.29 is 51.4 Å². The normalized spacial score (nSPS) is 15.1. The summed E-state index contributed by atoms with van der Waals surface area (Å²) in [4.78, 5) is 8.86. The van der Waals surface area contributed by atoms with Gasteiger partial charge in [-0.1, -0.05) is 155 Å². The van der Waals surface area contributed by atoms with Crippen molar-refractivity contribution in [2.45, 2.75) is 67.2 Å². The molecule has 0 saturated carbocycles. The molecule has 3 nitrogen and oxygen atoms in total. The second-order valence-corrected chi connectivity index (χ2v) is 17.1. The van der Waals surface area contributed by atoms with Crippen LogP contribution in [0.5, 0.6) is 0 Å². The minimum atomic E-state index is -4.80. The van der Waals surface area contributed by atoms with Crippen LogP contribution in [0.15, 0.2) is 150 Å². The van der Waals surface area contributed by atoms with E-state index in [1.807, 2.05) is 81.4 Å². The number of alkyl halides is 3. The smallest absolute Gasteiger partial charge is 0.394 e. The van der Waals surface area contributed by atoms with Gasteiger partial charge in [-0.2, -0.15) is 31.7 Å². The summed E-state index contributed by atoms with van der Waals surface area (Å²) in [6.07, 6.45) is -5.97. The van der Waals surface area contributed by atoms with Crippen molar-refractivity contribution in [1.82, 2.24) is 9.97 Å². The zero-order chi connectivity index (χ0) is 53.3. The molecule has 1 radical (unpaired) electrons. The maximum Gasteiger partial charge on any atom is 0.394 e. The summed E-state index contributed by atoms with van der Waals surface area (Å²) in [5.41, 5.74) is 4.30. The quantitative estimate of drug-likeness (QED) is 0.149. The topological polar surface area (TPSA) is 38.9 Å². The molecule has 0 aliphatic carbocycles. The fourth-order valence-corrected chi connectivity index (χ4v) is 7.43. The van der Waals surface area contributed by atoms with Crippen LogP contribution in [0.25, 0.3) is 77.5 Å². The number of nitrogens with zero attached hydrogens (tertiary/aromatic N) is 2. The fraction of sp³-hybridized carbons (Fsp3) is 0.211. The fourth-order valence-electron chi connectivity index (χ4n) is 7.43. The van der Waals surface area contributed by atoms with Gasteiger partial charge in [0, 0.05) is 62.7 Å². The number of aryl methyl sites for hydroxylation is 2. The molecule has 9 aromatic rings. The van der Waals surface area contributed by atoms with Gasteiger partial charge in [-0.3, -0.25) is 4.98 Å². The van der Waals surface area contributed by atoms with Crippen LogP contribution in [-0.2, 0) is 32.9 Å². The molecule has 0 fully saturated rings. The van der Waals surface area contributed by atoms with Gasteiger partial charge in [0.15, 0.2) is 0 Å². The van der Waals surface area contributed by atoms with E-state index >= 15 is 0 Å². The number of halogens is 3. The second-order valence-electron chi connectivity index (χ2n) is 17.1. The minimum Gasteiger partial charge on any atom is -0.500 e. The molecule has 64 heavy (non-hydrogen) atoms. The summed E-state index contributed by atoms with van der Waals surface area (Å²) in [5, 5.41) is 4.37. The third kappa shape index (κ3) is 9.87. The van der Waals surface area contributed by atoms with Crippen LogP contribution in [-0.4, -0.2) is 16.1 Å². The van der Waals surface area contributed by atoms with E-state index in [0.717, 1.165) is 68.9 Å². The zero-order valence-corrected chi connectivity index (χ0v) is 38.2. The Morgan fingerprint density at radius 3 is 2.03 bits per heavy atom.